The Hall–Kier alpha value is -3.64. The van der Waals surface area contributed by atoms with Crippen LogP contribution in [0.4, 0.5) is 18.0 Å². The number of aliphatic hydroxyl groups is 1. The van der Waals surface area contributed by atoms with E-state index in [0.29, 0.717) is 41.2 Å². The highest BCUT2D eigenvalue weighted by Crippen LogP contribution is 2.35. The maximum Gasteiger partial charge on any atom is 0.416 e. The molecule has 1 fully saturated rings. The molecule has 1 N–H and O–H groups in total. The second-order valence-corrected chi connectivity index (χ2v) is 10.5. The van der Waals surface area contributed by atoms with Crippen LogP contribution in [0.1, 0.15) is 40.4 Å². The Morgan fingerprint density at radius 1 is 1.26 bits per heavy atom. The van der Waals surface area contributed by atoms with Crippen LogP contribution in [0.3, 0.4) is 0 Å². The fourth-order valence-corrected chi connectivity index (χ4v) is 5.35. The Morgan fingerprint density at radius 3 is 2.74 bits per heavy atom. The predicted octanol–water partition coefficient (Wildman–Crippen LogP) is 4.95. The first-order valence-electron chi connectivity index (χ1n) is 11.7. The molecule has 1 atom stereocenters. The Balaban J connectivity index is 1.42. The van der Waals surface area contributed by atoms with Crippen molar-refractivity contribution in [1.29, 1.82) is 0 Å². The number of nitrogens with zero attached hydrogens (tertiary/aromatic N) is 4. The number of alkyl halides is 3. The van der Waals surface area contributed by atoms with Gasteiger partial charge in [0.05, 0.1) is 40.8 Å². The number of thioether (sulfide) groups is 1. The van der Waals surface area contributed by atoms with Crippen molar-refractivity contribution in [2.75, 3.05) is 20.2 Å². The summed E-state index contributed by atoms with van der Waals surface area (Å²) in [6.45, 7) is 2.56. The number of amides is 1. The molecule has 0 saturated carbocycles. The van der Waals surface area contributed by atoms with Gasteiger partial charge in [-0.2, -0.15) is 23.3 Å². The maximum absolute atomic E-state index is 13.7. The molecule has 0 radical (unpaired) electrons. The van der Waals surface area contributed by atoms with Crippen LogP contribution in [0.15, 0.2) is 52.5 Å². The van der Waals surface area contributed by atoms with Crippen molar-refractivity contribution >= 4 is 45.8 Å². The van der Waals surface area contributed by atoms with E-state index in [4.69, 9.17) is 0 Å². The lowest BCUT2D eigenvalue weighted by Gasteiger charge is -2.20. The number of benzene rings is 2. The van der Waals surface area contributed by atoms with Gasteiger partial charge in [0.1, 0.15) is 5.84 Å². The van der Waals surface area contributed by atoms with Crippen LogP contribution in [0, 0.1) is 0 Å². The molecule has 2 aromatic carbocycles. The van der Waals surface area contributed by atoms with Crippen LogP contribution in [0.2, 0.25) is 0 Å². The second-order valence-electron chi connectivity index (χ2n) is 9.49. The van der Waals surface area contributed by atoms with Crippen molar-refractivity contribution in [2.24, 2.45) is 4.99 Å². The summed E-state index contributed by atoms with van der Waals surface area (Å²) in [5.41, 5.74) is -0.638. The first-order chi connectivity index (χ1) is 17.9. The maximum atomic E-state index is 13.7. The van der Waals surface area contributed by atoms with Gasteiger partial charge < -0.3 is 14.7 Å². The summed E-state index contributed by atoms with van der Waals surface area (Å²) in [5.74, 6) is -0.317. The molecule has 198 valence electrons. The number of carbonyl (C=O) groups is 2. The average Bonchev–Trinajstić information content (AvgIpc) is 3.53. The number of rotatable bonds is 4. The van der Waals surface area contributed by atoms with Crippen molar-refractivity contribution in [3.8, 4) is 0 Å². The van der Waals surface area contributed by atoms with Gasteiger partial charge in [0.25, 0.3) is 0 Å². The van der Waals surface area contributed by atoms with Gasteiger partial charge in [0, 0.05) is 24.7 Å². The average molecular weight is 545 g/mol. The number of aromatic nitrogens is 2. The number of likely N-dealkylation sites (tertiary alicyclic amines) is 1. The highest BCUT2D eigenvalue weighted by Gasteiger charge is 2.37. The third kappa shape index (κ3) is 5.32. The zero-order chi connectivity index (χ0) is 27.2. The number of halogens is 3. The molecule has 5 rings (SSSR count). The number of fused-ring (bicyclic) bond motifs is 1. The summed E-state index contributed by atoms with van der Waals surface area (Å²) in [4.78, 5) is 30.5. The Bertz CT molecular complexity index is 1510. The largest absolute Gasteiger partial charge is 0.465 e. The smallest absolute Gasteiger partial charge is 0.416 e. The summed E-state index contributed by atoms with van der Waals surface area (Å²) in [7, 11) is 1.11. The SMILES string of the molecule is COC(=O)c1ccc(Cn2cc3cc(/C=C4\SC(=O)N=C4N4CCC(C)(O)C4)ccc3n2)c(C(F)(F)F)c1. The van der Waals surface area contributed by atoms with E-state index in [1.807, 2.05) is 17.0 Å². The quantitative estimate of drug-likeness (QED) is 0.464. The predicted molar refractivity (Wildman–Crippen MR) is 137 cm³/mol. The first kappa shape index (κ1) is 26.0. The monoisotopic (exact) mass is 544 g/mol. The van der Waals surface area contributed by atoms with E-state index in [1.165, 1.54) is 16.8 Å². The molecule has 1 saturated heterocycles. The summed E-state index contributed by atoms with van der Waals surface area (Å²) in [6.07, 6.45) is -0.620. The first-order valence-corrected chi connectivity index (χ1v) is 12.5. The highest BCUT2D eigenvalue weighted by atomic mass is 32.2. The van der Waals surface area contributed by atoms with E-state index in [1.54, 1.807) is 25.3 Å². The molecule has 3 aromatic rings. The minimum absolute atomic E-state index is 0.0384. The molecule has 1 unspecified atom stereocenters. The summed E-state index contributed by atoms with van der Waals surface area (Å²) < 4.78 is 47.1. The number of methoxy groups -OCH3 is 1. The fraction of sp³-hybridized carbons (Fsp3) is 0.308. The Kier molecular flexibility index (Phi) is 6.56. The van der Waals surface area contributed by atoms with Crippen molar-refractivity contribution in [2.45, 2.75) is 31.7 Å². The topological polar surface area (TPSA) is 97.0 Å². The summed E-state index contributed by atoms with van der Waals surface area (Å²) in [5, 5.41) is 15.1. The third-order valence-corrected chi connectivity index (χ3v) is 7.19. The number of β-amino-alcohol motifs (C(OH)–C–C–N with tert-alkyl or cyclic N) is 1. The van der Waals surface area contributed by atoms with Gasteiger partial charge in [-0.05, 0) is 66.6 Å². The van der Waals surface area contributed by atoms with Gasteiger partial charge in [-0.1, -0.05) is 12.1 Å². The number of carbonyl (C=O) groups excluding carboxylic acids is 2. The standard InChI is InChI=1S/C26H23F3N4O4S/c1-25(36)7-8-32(14-25)22-21(38-24(35)30-22)10-15-3-6-20-18(9-15)13-33(31-20)12-17-5-4-16(23(34)37-2)11-19(17)26(27,28)29/h3-6,9-11,13,36H,7-8,12,14H2,1-2H3/b21-10-. The van der Waals surface area contributed by atoms with Crippen molar-refractivity contribution in [1.82, 2.24) is 14.7 Å². The molecular weight excluding hydrogens is 521 g/mol. The molecule has 0 aliphatic carbocycles. The third-order valence-electron chi connectivity index (χ3n) is 6.41. The second kappa shape index (κ2) is 9.59. The molecule has 1 aromatic heterocycles. The van der Waals surface area contributed by atoms with Gasteiger partial charge in [-0.25, -0.2) is 4.79 Å². The van der Waals surface area contributed by atoms with Gasteiger partial charge in [-0.3, -0.25) is 9.48 Å². The lowest BCUT2D eigenvalue weighted by atomic mass is 10.0. The molecule has 0 spiro atoms. The number of aliphatic imine (C=N–C) groups is 1. The molecule has 8 nitrogen and oxygen atoms in total. The van der Waals surface area contributed by atoms with E-state index in [0.717, 1.165) is 30.5 Å². The molecule has 0 bridgehead atoms. The molecular formula is C26H23F3N4O4S. The lowest BCUT2D eigenvalue weighted by molar-refractivity contribution is -0.138. The van der Waals surface area contributed by atoms with Crippen molar-refractivity contribution in [3.63, 3.8) is 0 Å². The van der Waals surface area contributed by atoms with Crippen LogP contribution in [-0.4, -0.2) is 62.6 Å². The molecule has 2 aliphatic rings. The number of ether oxygens (including phenoxy) is 1. The molecule has 1 amide bonds. The number of hydrogen-bond donors (Lipinski definition) is 1. The van der Waals surface area contributed by atoms with Crippen molar-refractivity contribution < 1.29 is 32.6 Å². The van der Waals surface area contributed by atoms with Crippen LogP contribution >= 0.6 is 11.8 Å². The van der Waals surface area contributed by atoms with Crippen LogP contribution in [0.5, 0.6) is 0 Å². The molecule has 38 heavy (non-hydrogen) atoms. The van der Waals surface area contributed by atoms with E-state index in [9.17, 15) is 27.9 Å². The Labute approximate surface area is 219 Å². The van der Waals surface area contributed by atoms with Gasteiger partial charge in [-0.15, -0.1) is 0 Å². The zero-order valence-corrected chi connectivity index (χ0v) is 21.3. The minimum Gasteiger partial charge on any atom is -0.465 e. The van der Waals surface area contributed by atoms with E-state index in [-0.39, 0.29) is 22.9 Å². The zero-order valence-electron chi connectivity index (χ0n) is 20.5. The molecule has 3 heterocycles. The number of hydrogen-bond acceptors (Lipinski definition) is 7. The summed E-state index contributed by atoms with van der Waals surface area (Å²) in [6, 6.07) is 8.72. The van der Waals surface area contributed by atoms with Crippen molar-refractivity contribution in [3.05, 3.63) is 69.8 Å². The normalized spacial score (nSPS) is 21.0. The lowest BCUT2D eigenvalue weighted by Crippen LogP contribution is -2.33. The molecule has 2 aliphatic heterocycles. The Morgan fingerprint density at radius 2 is 2.05 bits per heavy atom. The van der Waals surface area contributed by atoms with Crippen LogP contribution in [0.25, 0.3) is 17.0 Å². The van der Waals surface area contributed by atoms with Gasteiger partial charge in [0.2, 0.25) is 0 Å². The number of esters is 1. The molecule has 12 heteroatoms. The van der Waals surface area contributed by atoms with Crippen LogP contribution < -0.4 is 0 Å². The fourth-order valence-electron chi connectivity index (χ4n) is 4.57. The number of amidine groups is 1. The van der Waals surface area contributed by atoms with E-state index >= 15 is 0 Å². The van der Waals surface area contributed by atoms with E-state index in [2.05, 4.69) is 14.8 Å². The van der Waals surface area contributed by atoms with E-state index < -0.39 is 23.3 Å². The summed E-state index contributed by atoms with van der Waals surface area (Å²) >= 11 is 1.01. The van der Waals surface area contributed by atoms with Gasteiger partial charge >= 0.3 is 17.4 Å². The van der Waals surface area contributed by atoms with Crippen LogP contribution in [-0.2, 0) is 17.5 Å². The van der Waals surface area contributed by atoms with Gasteiger partial charge in [0.15, 0.2) is 0 Å². The minimum atomic E-state index is -4.66. The highest BCUT2D eigenvalue weighted by molar-refractivity contribution is 8.18.